The third kappa shape index (κ3) is 3.48. The van der Waals surface area contributed by atoms with Gasteiger partial charge in [0.25, 0.3) is 0 Å². The minimum atomic E-state index is 0.195. The number of carbonyl (C=O) groups is 1. The minimum Gasteiger partial charge on any atom is -0.342 e. The van der Waals surface area contributed by atoms with E-state index in [-0.39, 0.29) is 5.91 Å². The lowest BCUT2D eigenvalue weighted by Gasteiger charge is -2.32. The van der Waals surface area contributed by atoms with Gasteiger partial charge in [0.2, 0.25) is 5.91 Å². The van der Waals surface area contributed by atoms with Crippen molar-refractivity contribution in [3.05, 3.63) is 66.0 Å². The Labute approximate surface area is 125 Å². The van der Waals surface area contributed by atoms with Crippen molar-refractivity contribution >= 4 is 5.91 Å². The highest BCUT2D eigenvalue weighted by Gasteiger charge is 2.23. The van der Waals surface area contributed by atoms with Crippen molar-refractivity contribution in [3.8, 4) is 0 Å². The molecule has 0 unspecified atom stereocenters. The molecule has 0 atom stereocenters. The van der Waals surface area contributed by atoms with Crippen molar-refractivity contribution in [2.45, 2.75) is 25.2 Å². The molecule has 0 spiro atoms. The number of amides is 1. The highest BCUT2D eigenvalue weighted by atomic mass is 16.2. The number of carbonyl (C=O) groups excluding carboxylic acids is 1. The maximum Gasteiger partial charge on any atom is 0.228 e. The number of nitrogens with zero attached hydrogens (tertiary/aromatic N) is 2. The summed E-state index contributed by atoms with van der Waals surface area (Å²) in [7, 11) is 0. The SMILES string of the molecule is O=C(Cc1ccccn1)N1CCC(c2ccccc2)CC1. The fourth-order valence-corrected chi connectivity index (χ4v) is 2.96. The summed E-state index contributed by atoms with van der Waals surface area (Å²) in [6, 6.07) is 16.3. The van der Waals surface area contributed by atoms with Crippen LogP contribution in [-0.4, -0.2) is 28.9 Å². The maximum atomic E-state index is 12.3. The number of likely N-dealkylation sites (tertiary alicyclic amines) is 1. The predicted molar refractivity (Wildman–Crippen MR) is 82.9 cm³/mol. The smallest absolute Gasteiger partial charge is 0.228 e. The molecule has 1 aliphatic rings. The summed E-state index contributed by atoms with van der Waals surface area (Å²) in [5, 5.41) is 0. The van der Waals surface area contributed by atoms with Crippen LogP contribution in [0.1, 0.15) is 30.0 Å². The Kier molecular flexibility index (Phi) is 4.29. The van der Waals surface area contributed by atoms with Crippen molar-refractivity contribution in [2.24, 2.45) is 0 Å². The molecule has 2 aromatic rings. The fraction of sp³-hybridized carbons (Fsp3) is 0.333. The van der Waals surface area contributed by atoms with Crippen LogP contribution in [0.25, 0.3) is 0 Å². The molecular formula is C18H20N2O. The largest absolute Gasteiger partial charge is 0.342 e. The van der Waals surface area contributed by atoms with E-state index in [1.54, 1.807) is 6.20 Å². The summed E-state index contributed by atoms with van der Waals surface area (Å²) in [5.74, 6) is 0.783. The second kappa shape index (κ2) is 6.53. The van der Waals surface area contributed by atoms with Crippen molar-refractivity contribution in [3.63, 3.8) is 0 Å². The summed E-state index contributed by atoms with van der Waals surface area (Å²) in [6.45, 7) is 1.70. The van der Waals surface area contributed by atoms with Gasteiger partial charge in [-0.3, -0.25) is 9.78 Å². The van der Waals surface area contributed by atoms with Crippen LogP contribution in [0, 0.1) is 0 Å². The van der Waals surface area contributed by atoms with Gasteiger partial charge in [0.1, 0.15) is 0 Å². The zero-order valence-electron chi connectivity index (χ0n) is 12.1. The van der Waals surface area contributed by atoms with Gasteiger partial charge in [-0.25, -0.2) is 0 Å². The van der Waals surface area contributed by atoms with E-state index in [1.165, 1.54) is 5.56 Å². The van der Waals surface area contributed by atoms with E-state index in [4.69, 9.17) is 0 Å². The van der Waals surface area contributed by atoms with E-state index in [9.17, 15) is 4.79 Å². The molecule has 0 saturated carbocycles. The molecule has 2 heterocycles. The molecule has 3 heteroatoms. The number of benzene rings is 1. The predicted octanol–water partition coefficient (Wildman–Crippen LogP) is 3.03. The summed E-state index contributed by atoms with van der Waals surface area (Å²) < 4.78 is 0. The van der Waals surface area contributed by atoms with E-state index < -0.39 is 0 Å². The topological polar surface area (TPSA) is 33.2 Å². The van der Waals surface area contributed by atoms with Crippen LogP contribution in [0.3, 0.4) is 0 Å². The van der Waals surface area contributed by atoms with Gasteiger partial charge >= 0.3 is 0 Å². The molecule has 108 valence electrons. The molecular weight excluding hydrogens is 260 g/mol. The average Bonchev–Trinajstić information content (AvgIpc) is 2.57. The van der Waals surface area contributed by atoms with Crippen molar-refractivity contribution in [2.75, 3.05) is 13.1 Å². The highest BCUT2D eigenvalue weighted by Crippen LogP contribution is 2.27. The Morgan fingerprint density at radius 2 is 1.76 bits per heavy atom. The van der Waals surface area contributed by atoms with E-state index in [0.29, 0.717) is 12.3 Å². The highest BCUT2D eigenvalue weighted by molar-refractivity contribution is 5.78. The molecule has 3 rings (SSSR count). The van der Waals surface area contributed by atoms with E-state index >= 15 is 0 Å². The van der Waals surface area contributed by atoms with Gasteiger partial charge in [-0.05, 0) is 36.5 Å². The molecule has 1 aromatic heterocycles. The first-order chi connectivity index (χ1) is 10.3. The molecule has 0 N–H and O–H groups in total. The van der Waals surface area contributed by atoms with Gasteiger partial charge in [-0.2, -0.15) is 0 Å². The lowest BCUT2D eigenvalue weighted by molar-refractivity contribution is -0.131. The first kappa shape index (κ1) is 13.8. The lowest BCUT2D eigenvalue weighted by Crippen LogP contribution is -2.38. The van der Waals surface area contributed by atoms with Gasteiger partial charge in [0.15, 0.2) is 0 Å². The number of rotatable bonds is 3. The van der Waals surface area contributed by atoms with Gasteiger partial charge in [0, 0.05) is 25.0 Å². The van der Waals surface area contributed by atoms with Crippen molar-refractivity contribution < 1.29 is 4.79 Å². The normalized spacial score (nSPS) is 15.9. The Bertz CT molecular complexity index is 575. The number of piperidine rings is 1. The third-order valence-corrected chi connectivity index (χ3v) is 4.18. The van der Waals surface area contributed by atoms with Crippen molar-refractivity contribution in [1.82, 2.24) is 9.88 Å². The maximum absolute atomic E-state index is 12.3. The van der Waals surface area contributed by atoms with Crippen LogP contribution in [-0.2, 0) is 11.2 Å². The van der Waals surface area contributed by atoms with E-state index in [0.717, 1.165) is 31.6 Å². The molecule has 1 saturated heterocycles. The Morgan fingerprint density at radius 1 is 1.05 bits per heavy atom. The quantitative estimate of drug-likeness (QED) is 0.866. The molecule has 1 amide bonds. The van der Waals surface area contributed by atoms with Crippen LogP contribution >= 0.6 is 0 Å². The fourth-order valence-electron chi connectivity index (χ4n) is 2.96. The van der Waals surface area contributed by atoms with Gasteiger partial charge < -0.3 is 4.90 Å². The standard InChI is InChI=1S/C18H20N2O/c21-18(14-17-8-4-5-11-19-17)20-12-9-16(10-13-20)15-6-2-1-3-7-15/h1-8,11,16H,9-10,12-14H2. The summed E-state index contributed by atoms with van der Waals surface area (Å²) in [4.78, 5) is 18.5. The molecule has 1 aromatic carbocycles. The van der Waals surface area contributed by atoms with Crippen LogP contribution in [0.4, 0.5) is 0 Å². The summed E-state index contributed by atoms with van der Waals surface area (Å²) in [6.07, 6.45) is 4.26. The molecule has 0 aliphatic carbocycles. The molecule has 0 radical (unpaired) electrons. The van der Waals surface area contributed by atoms with Gasteiger partial charge in [-0.1, -0.05) is 36.4 Å². The zero-order valence-corrected chi connectivity index (χ0v) is 12.1. The lowest BCUT2D eigenvalue weighted by atomic mass is 9.89. The molecule has 1 fully saturated rings. The molecule has 1 aliphatic heterocycles. The molecule has 3 nitrogen and oxygen atoms in total. The minimum absolute atomic E-state index is 0.195. The third-order valence-electron chi connectivity index (χ3n) is 4.18. The first-order valence-corrected chi connectivity index (χ1v) is 7.55. The second-order valence-electron chi connectivity index (χ2n) is 5.56. The van der Waals surface area contributed by atoms with Crippen LogP contribution < -0.4 is 0 Å². The summed E-state index contributed by atoms with van der Waals surface area (Å²) in [5.41, 5.74) is 2.25. The Hall–Kier alpha value is -2.16. The van der Waals surface area contributed by atoms with Crippen LogP contribution in [0.15, 0.2) is 54.7 Å². The molecule has 0 bridgehead atoms. The number of pyridine rings is 1. The van der Waals surface area contributed by atoms with Gasteiger partial charge in [0.05, 0.1) is 6.42 Å². The Balaban J connectivity index is 1.55. The first-order valence-electron chi connectivity index (χ1n) is 7.55. The van der Waals surface area contributed by atoms with Crippen LogP contribution in [0.5, 0.6) is 0 Å². The number of hydrogen-bond acceptors (Lipinski definition) is 2. The van der Waals surface area contributed by atoms with Crippen molar-refractivity contribution in [1.29, 1.82) is 0 Å². The number of hydrogen-bond donors (Lipinski definition) is 0. The monoisotopic (exact) mass is 280 g/mol. The zero-order chi connectivity index (χ0) is 14.5. The second-order valence-corrected chi connectivity index (χ2v) is 5.56. The van der Waals surface area contributed by atoms with E-state index in [2.05, 4.69) is 35.3 Å². The van der Waals surface area contributed by atoms with Crippen LogP contribution in [0.2, 0.25) is 0 Å². The molecule has 21 heavy (non-hydrogen) atoms. The average molecular weight is 280 g/mol. The Morgan fingerprint density at radius 3 is 2.43 bits per heavy atom. The number of aromatic nitrogens is 1. The summed E-state index contributed by atoms with van der Waals surface area (Å²) >= 11 is 0. The van der Waals surface area contributed by atoms with E-state index in [1.807, 2.05) is 23.1 Å². The van der Waals surface area contributed by atoms with Gasteiger partial charge in [-0.15, -0.1) is 0 Å².